The van der Waals surface area contributed by atoms with Gasteiger partial charge in [0.1, 0.15) is 0 Å². The van der Waals surface area contributed by atoms with Crippen LogP contribution in [0.2, 0.25) is 0 Å². The maximum atomic E-state index is 5.64. The first-order valence-electron chi connectivity index (χ1n) is 5.09. The third kappa shape index (κ3) is 2.33. The Hall–Kier alpha value is -0.630. The fraction of sp³-hybridized carbons (Fsp3) is 0.300. The van der Waals surface area contributed by atoms with Crippen LogP contribution in [0.5, 0.6) is 0 Å². The van der Waals surface area contributed by atoms with Crippen LogP contribution in [-0.4, -0.2) is 9.78 Å². The van der Waals surface area contributed by atoms with Gasteiger partial charge in [-0.2, -0.15) is 5.10 Å². The first kappa shape index (κ1) is 12.8. The number of rotatable bonds is 4. The molecule has 2 aromatic heterocycles. The van der Waals surface area contributed by atoms with E-state index in [-0.39, 0.29) is 6.04 Å². The molecule has 17 heavy (non-hydrogen) atoms. The summed E-state index contributed by atoms with van der Waals surface area (Å²) in [7, 11) is 0. The van der Waals surface area contributed by atoms with E-state index < -0.39 is 0 Å². The van der Waals surface area contributed by atoms with E-state index in [1.807, 2.05) is 17.7 Å². The molecule has 0 bridgehead atoms. The molecule has 0 fully saturated rings. The Morgan fingerprint density at radius 2 is 2.35 bits per heavy atom. The zero-order valence-corrected chi connectivity index (χ0v) is 12.3. The number of nitrogens with two attached hydrogens (primary N) is 1. The Morgan fingerprint density at radius 1 is 1.59 bits per heavy atom. The van der Waals surface area contributed by atoms with E-state index >= 15 is 0 Å². The zero-order chi connectivity index (χ0) is 12.4. The fourth-order valence-electron chi connectivity index (χ4n) is 1.74. The van der Waals surface area contributed by atoms with Crippen molar-refractivity contribution in [3.63, 3.8) is 0 Å². The molecule has 2 aromatic rings. The topological polar surface area (TPSA) is 69.0 Å². The summed E-state index contributed by atoms with van der Waals surface area (Å²) in [4.78, 5) is 0. The van der Waals surface area contributed by atoms with Gasteiger partial charge >= 0.3 is 0 Å². The Morgan fingerprint density at radius 3 is 2.88 bits per heavy atom. The molecule has 0 amide bonds. The van der Waals surface area contributed by atoms with Gasteiger partial charge in [-0.05, 0) is 44.8 Å². The van der Waals surface area contributed by atoms with Crippen LogP contribution in [-0.2, 0) is 6.54 Å². The molecular weight excluding hydrogens is 352 g/mol. The van der Waals surface area contributed by atoms with Crippen LogP contribution in [0.3, 0.4) is 0 Å². The lowest BCUT2D eigenvalue weighted by Crippen LogP contribution is -2.31. The molecule has 0 aliphatic carbocycles. The number of nitrogens with one attached hydrogen (secondary N) is 1. The van der Waals surface area contributed by atoms with Gasteiger partial charge < -0.3 is 4.42 Å². The molecule has 0 radical (unpaired) electrons. The summed E-state index contributed by atoms with van der Waals surface area (Å²) >= 11 is 6.84. The monoisotopic (exact) mass is 362 g/mol. The Kier molecular flexibility index (Phi) is 4.03. The van der Waals surface area contributed by atoms with Gasteiger partial charge in [-0.1, -0.05) is 0 Å². The molecule has 0 aromatic carbocycles. The van der Waals surface area contributed by atoms with Crippen LogP contribution in [0.4, 0.5) is 0 Å². The number of halogens is 2. The molecule has 1 unspecified atom stereocenters. The lowest BCUT2D eigenvalue weighted by Gasteiger charge is -2.17. The van der Waals surface area contributed by atoms with Gasteiger partial charge in [-0.15, -0.1) is 0 Å². The lowest BCUT2D eigenvalue weighted by molar-refractivity contribution is 0.510. The molecule has 0 aliphatic rings. The van der Waals surface area contributed by atoms with Crippen LogP contribution < -0.4 is 11.3 Å². The maximum Gasteiger partial charge on any atom is 0.174 e. The van der Waals surface area contributed by atoms with E-state index in [2.05, 4.69) is 42.4 Å². The van der Waals surface area contributed by atoms with Crippen molar-refractivity contribution >= 4 is 31.9 Å². The smallest absolute Gasteiger partial charge is 0.174 e. The predicted molar refractivity (Wildman–Crippen MR) is 71.2 cm³/mol. The number of nitrogens with zero attached hydrogens (tertiary/aromatic N) is 2. The summed E-state index contributed by atoms with van der Waals surface area (Å²) in [5.74, 6) is 5.64. The van der Waals surface area contributed by atoms with Crippen molar-refractivity contribution in [1.82, 2.24) is 15.2 Å². The third-order valence-electron chi connectivity index (χ3n) is 2.53. The highest BCUT2D eigenvalue weighted by molar-refractivity contribution is 9.10. The molecule has 2 rings (SSSR count). The van der Waals surface area contributed by atoms with E-state index in [0.717, 1.165) is 22.3 Å². The van der Waals surface area contributed by atoms with Crippen molar-refractivity contribution in [2.45, 2.75) is 19.5 Å². The van der Waals surface area contributed by atoms with Crippen molar-refractivity contribution in [3.8, 4) is 0 Å². The van der Waals surface area contributed by atoms with E-state index in [9.17, 15) is 0 Å². The number of hydrogen-bond donors (Lipinski definition) is 2. The second-order valence-electron chi connectivity index (χ2n) is 3.44. The number of aryl methyl sites for hydroxylation is 1. The third-order valence-corrected chi connectivity index (χ3v) is 3.79. The first-order valence-corrected chi connectivity index (χ1v) is 6.67. The summed E-state index contributed by atoms with van der Waals surface area (Å²) < 4.78 is 8.69. The van der Waals surface area contributed by atoms with Gasteiger partial charge in [0.05, 0.1) is 28.7 Å². The molecule has 3 N–H and O–H groups in total. The molecule has 1 atom stereocenters. The fourth-order valence-corrected chi connectivity index (χ4v) is 2.73. The molecule has 7 heteroatoms. The molecule has 0 aliphatic heterocycles. The summed E-state index contributed by atoms with van der Waals surface area (Å²) in [6, 6.07) is 1.69. The Balaban J connectivity index is 2.49. The Bertz CT molecular complexity index is 508. The average molecular weight is 364 g/mol. The summed E-state index contributed by atoms with van der Waals surface area (Å²) in [6.45, 7) is 2.80. The van der Waals surface area contributed by atoms with Gasteiger partial charge in [0.15, 0.2) is 4.67 Å². The van der Waals surface area contributed by atoms with Crippen molar-refractivity contribution in [3.05, 3.63) is 38.9 Å². The van der Waals surface area contributed by atoms with Crippen molar-refractivity contribution in [1.29, 1.82) is 0 Å². The van der Waals surface area contributed by atoms with Gasteiger partial charge in [0, 0.05) is 12.1 Å². The standard InChI is InChI=1S/C10H12Br2N4O/c1-2-16-9(7(11)5-14-16)8(15-13)6-3-4-17-10(6)12/h3-5,8,15H,2,13H2,1H3. The highest BCUT2D eigenvalue weighted by Crippen LogP contribution is 2.32. The normalized spacial score (nSPS) is 12.9. The van der Waals surface area contributed by atoms with Gasteiger partial charge in [-0.25, -0.2) is 5.43 Å². The molecular formula is C10H12Br2N4O. The first-order chi connectivity index (χ1) is 8.19. The van der Waals surface area contributed by atoms with Crippen molar-refractivity contribution in [2.75, 3.05) is 0 Å². The van der Waals surface area contributed by atoms with Crippen LogP contribution in [0.25, 0.3) is 0 Å². The van der Waals surface area contributed by atoms with Gasteiger partial charge in [-0.3, -0.25) is 10.5 Å². The van der Waals surface area contributed by atoms with E-state index in [1.165, 1.54) is 0 Å². The number of aromatic nitrogens is 2. The second-order valence-corrected chi connectivity index (χ2v) is 5.02. The Labute approximate surface area is 116 Å². The summed E-state index contributed by atoms with van der Waals surface area (Å²) in [5, 5.41) is 4.27. The number of furan rings is 1. The summed E-state index contributed by atoms with van der Waals surface area (Å²) in [6.07, 6.45) is 3.38. The minimum Gasteiger partial charge on any atom is -0.457 e. The minimum atomic E-state index is -0.181. The maximum absolute atomic E-state index is 5.64. The molecule has 0 saturated heterocycles. The lowest BCUT2D eigenvalue weighted by atomic mass is 10.1. The second kappa shape index (κ2) is 5.34. The van der Waals surface area contributed by atoms with Crippen LogP contribution in [0, 0.1) is 0 Å². The zero-order valence-electron chi connectivity index (χ0n) is 9.15. The molecule has 0 saturated carbocycles. The van der Waals surface area contributed by atoms with Gasteiger partial charge in [0.2, 0.25) is 0 Å². The van der Waals surface area contributed by atoms with Crippen LogP contribution in [0.15, 0.2) is 32.1 Å². The van der Waals surface area contributed by atoms with Gasteiger partial charge in [0.25, 0.3) is 0 Å². The minimum absolute atomic E-state index is 0.181. The highest BCUT2D eigenvalue weighted by Gasteiger charge is 2.23. The van der Waals surface area contributed by atoms with Crippen LogP contribution >= 0.6 is 31.9 Å². The molecule has 2 heterocycles. The quantitative estimate of drug-likeness (QED) is 0.647. The van der Waals surface area contributed by atoms with E-state index in [0.29, 0.717) is 4.67 Å². The summed E-state index contributed by atoms with van der Waals surface area (Å²) in [5.41, 5.74) is 4.69. The van der Waals surface area contributed by atoms with Crippen molar-refractivity contribution < 1.29 is 4.42 Å². The van der Waals surface area contributed by atoms with E-state index in [4.69, 9.17) is 10.3 Å². The predicted octanol–water partition coefficient (Wildman–Crippen LogP) is 2.57. The highest BCUT2D eigenvalue weighted by atomic mass is 79.9. The SMILES string of the molecule is CCn1ncc(Br)c1C(NN)c1ccoc1Br. The molecule has 5 nitrogen and oxygen atoms in total. The molecule has 92 valence electrons. The molecule has 0 spiro atoms. The number of hydrazine groups is 1. The van der Waals surface area contributed by atoms with E-state index in [1.54, 1.807) is 12.5 Å². The van der Waals surface area contributed by atoms with Crippen LogP contribution in [0.1, 0.15) is 24.2 Å². The largest absolute Gasteiger partial charge is 0.457 e. The number of hydrogen-bond acceptors (Lipinski definition) is 4. The van der Waals surface area contributed by atoms with Crippen molar-refractivity contribution in [2.24, 2.45) is 5.84 Å². The average Bonchev–Trinajstić information content (AvgIpc) is 2.89.